The third kappa shape index (κ3) is 6.24. The molecule has 0 saturated carbocycles. The van der Waals surface area contributed by atoms with Crippen molar-refractivity contribution >= 4 is 11.6 Å². The van der Waals surface area contributed by atoms with E-state index in [1.807, 2.05) is 0 Å². The Morgan fingerprint density at radius 3 is 2.08 bits per heavy atom. The van der Waals surface area contributed by atoms with Gasteiger partial charge in [-0.3, -0.25) is 14.9 Å². The lowest BCUT2D eigenvalue weighted by atomic mass is 9.97. The monoisotopic (exact) mass is 520 g/mol. The Kier molecular flexibility index (Phi) is 9.47. The fourth-order valence-corrected chi connectivity index (χ4v) is 3.72. The lowest BCUT2D eigenvalue weighted by molar-refractivity contribution is -0.457. The van der Waals surface area contributed by atoms with E-state index < -0.39 is 85.4 Å². The van der Waals surface area contributed by atoms with Crippen molar-refractivity contribution in [1.29, 1.82) is 0 Å². The van der Waals surface area contributed by atoms with Gasteiger partial charge in [-0.05, 0) is 12.1 Å². The SMILES string of the molecule is CC(=O)N[C@H]1[C@@H](Oc2ccc([N+](=O)[O-])cc2)O[C@H](CO)[C@H](O)[C@@H]1OO[C@@H]1O[C@H](CO)[C@H](O)[C@H](O)[C@H]1O. The second-order valence-electron chi connectivity index (χ2n) is 8.17. The van der Waals surface area contributed by atoms with E-state index >= 15 is 0 Å². The molecule has 0 aromatic heterocycles. The molecule has 2 aliphatic rings. The highest BCUT2D eigenvalue weighted by molar-refractivity contribution is 5.73. The smallest absolute Gasteiger partial charge is 0.269 e. The highest BCUT2D eigenvalue weighted by atomic mass is 17.2. The first-order valence-corrected chi connectivity index (χ1v) is 10.8. The number of aliphatic hydroxyl groups excluding tert-OH is 6. The highest BCUT2D eigenvalue weighted by Crippen LogP contribution is 2.29. The minimum absolute atomic E-state index is 0.0858. The Labute approximate surface area is 203 Å². The number of amides is 1. The minimum Gasteiger partial charge on any atom is -0.463 e. The summed E-state index contributed by atoms with van der Waals surface area (Å²) in [4.78, 5) is 32.5. The molecule has 0 bridgehead atoms. The fraction of sp³-hybridized carbons (Fsp3) is 0.650. The average Bonchev–Trinajstić information content (AvgIpc) is 2.85. The van der Waals surface area contributed by atoms with Gasteiger partial charge < -0.3 is 50.2 Å². The lowest BCUT2D eigenvalue weighted by Crippen LogP contribution is -2.66. The molecule has 2 heterocycles. The summed E-state index contributed by atoms with van der Waals surface area (Å²) >= 11 is 0. The van der Waals surface area contributed by atoms with Crippen molar-refractivity contribution in [3.63, 3.8) is 0 Å². The Bertz CT molecular complexity index is 886. The van der Waals surface area contributed by atoms with Crippen LogP contribution >= 0.6 is 0 Å². The topological polar surface area (TPSA) is 240 Å². The summed E-state index contributed by atoms with van der Waals surface area (Å²) in [5.74, 6) is -0.514. The van der Waals surface area contributed by atoms with Crippen molar-refractivity contribution in [3.8, 4) is 5.75 Å². The molecule has 2 aliphatic heterocycles. The maximum absolute atomic E-state index is 11.9. The summed E-state index contributed by atoms with van der Waals surface area (Å²) in [5.41, 5.74) is -0.205. The zero-order valence-corrected chi connectivity index (χ0v) is 18.9. The van der Waals surface area contributed by atoms with Crippen molar-refractivity contribution in [1.82, 2.24) is 5.32 Å². The van der Waals surface area contributed by atoms with Crippen LogP contribution in [-0.2, 0) is 24.0 Å². The van der Waals surface area contributed by atoms with E-state index in [0.717, 1.165) is 6.92 Å². The summed E-state index contributed by atoms with van der Waals surface area (Å²) in [6, 6.07) is 3.58. The van der Waals surface area contributed by atoms with Gasteiger partial charge in [0.25, 0.3) is 5.69 Å². The molecule has 10 atom stereocenters. The van der Waals surface area contributed by atoms with E-state index in [1.165, 1.54) is 24.3 Å². The van der Waals surface area contributed by atoms with Crippen LogP contribution in [-0.4, -0.2) is 116 Å². The van der Waals surface area contributed by atoms with Gasteiger partial charge in [-0.1, -0.05) is 0 Å². The molecule has 16 nitrogen and oxygen atoms in total. The first-order chi connectivity index (χ1) is 17.1. The summed E-state index contributed by atoms with van der Waals surface area (Å²) in [7, 11) is 0. The number of non-ortho nitro benzene ring substituents is 1. The number of carbonyl (C=O) groups is 1. The van der Waals surface area contributed by atoms with Crippen LogP contribution in [0.25, 0.3) is 0 Å². The summed E-state index contributed by atoms with van der Waals surface area (Å²) < 4.78 is 16.4. The van der Waals surface area contributed by atoms with Gasteiger partial charge in [0.05, 0.1) is 18.1 Å². The van der Waals surface area contributed by atoms with E-state index in [0.29, 0.717) is 0 Å². The summed E-state index contributed by atoms with van der Waals surface area (Å²) in [6.07, 6.45) is -14.1. The number of nitro groups is 1. The molecule has 3 rings (SSSR count). The second kappa shape index (κ2) is 12.2. The molecular formula is C20H28N2O14. The maximum Gasteiger partial charge on any atom is 0.269 e. The second-order valence-corrected chi connectivity index (χ2v) is 8.17. The van der Waals surface area contributed by atoms with Gasteiger partial charge in [-0.2, -0.15) is 0 Å². The molecule has 2 saturated heterocycles. The number of hydrogen-bond donors (Lipinski definition) is 7. The fourth-order valence-electron chi connectivity index (χ4n) is 3.72. The predicted octanol–water partition coefficient (Wildman–Crippen LogP) is -3.33. The van der Waals surface area contributed by atoms with Crippen molar-refractivity contribution in [2.75, 3.05) is 13.2 Å². The van der Waals surface area contributed by atoms with Gasteiger partial charge in [-0.15, -0.1) is 0 Å². The molecule has 1 aromatic carbocycles. The van der Waals surface area contributed by atoms with Crippen LogP contribution in [0.15, 0.2) is 24.3 Å². The average molecular weight is 520 g/mol. The molecule has 2 fully saturated rings. The van der Waals surface area contributed by atoms with Crippen LogP contribution in [0.2, 0.25) is 0 Å². The number of ether oxygens (including phenoxy) is 3. The number of aliphatic hydroxyl groups is 6. The van der Waals surface area contributed by atoms with Crippen LogP contribution in [0.5, 0.6) is 5.75 Å². The van der Waals surface area contributed by atoms with Gasteiger partial charge in [0.15, 0.2) is 0 Å². The number of nitrogens with zero attached hydrogens (tertiary/aromatic N) is 1. The summed E-state index contributed by atoms with van der Waals surface area (Å²) in [6.45, 7) is -0.284. The molecule has 1 amide bonds. The van der Waals surface area contributed by atoms with E-state index in [2.05, 4.69) is 5.32 Å². The highest BCUT2D eigenvalue weighted by Gasteiger charge is 2.50. The van der Waals surface area contributed by atoms with Gasteiger partial charge in [-0.25, -0.2) is 9.78 Å². The standard InChI is InChI=1S/C20H28N2O14/c1-8(25)21-13-18(35-36-20-17(29)16(28)14(26)11(6-23)34-20)15(27)12(7-24)33-19(13)32-10-4-2-9(3-5-10)22(30)31/h2-5,11-20,23-24,26-29H,6-7H2,1H3,(H,21,25)/t11-,12-,13-,14+,15+,16+,17-,18-,19+,20+/m1/s1. The number of rotatable bonds is 9. The van der Waals surface area contributed by atoms with E-state index in [-0.39, 0.29) is 11.4 Å². The molecule has 1 aromatic rings. The van der Waals surface area contributed by atoms with Gasteiger partial charge in [0.2, 0.25) is 18.5 Å². The number of nitrogens with one attached hydrogen (secondary N) is 1. The predicted molar refractivity (Wildman–Crippen MR) is 113 cm³/mol. The van der Waals surface area contributed by atoms with Crippen LogP contribution < -0.4 is 10.1 Å². The van der Waals surface area contributed by atoms with Crippen molar-refractivity contribution in [3.05, 3.63) is 34.4 Å². The Balaban J connectivity index is 1.80. The van der Waals surface area contributed by atoms with E-state index in [4.69, 9.17) is 24.0 Å². The molecule has 0 spiro atoms. The van der Waals surface area contributed by atoms with E-state index in [9.17, 15) is 45.5 Å². The van der Waals surface area contributed by atoms with Crippen LogP contribution in [0.3, 0.4) is 0 Å². The van der Waals surface area contributed by atoms with Crippen LogP contribution in [0.1, 0.15) is 6.92 Å². The molecule has 36 heavy (non-hydrogen) atoms. The number of benzene rings is 1. The van der Waals surface area contributed by atoms with Crippen molar-refractivity contribution in [2.24, 2.45) is 0 Å². The molecule has 202 valence electrons. The zero-order chi connectivity index (χ0) is 26.6. The largest absolute Gasteiger partial charge is 0.463 e. The number of hydrogen-bond acceptors (Lipinski definition) is 14. The van der Waals surface area contributed by atoms with Gasteiger partial charge >= 0.3 is 0 Å². The van der Waals surface area contributed by atoms with Gasteiger partial charge in [0, 0.05) is 19.1 Å². The first-order valence-electron chi connectivity index (χ1n) is 10.8. The number of carbonyl (C=O) groups excluding carboxylic acids is 1. The van der Waals surface area contributed by atoms with Crippen LogP contribution in [0.4, 0.5) is 5.69 Å². The third-order valence-corrected chi connectivity index (χ3v) is 5.63. The Morgan fingerprint density at radius 1 is 0.944 bits per heavy atom. The molecule has 16 heteroatoms. The first kappa shape index (κ1) is 28.1. The lowest BCUT2D eigenvalue weighted by Gasteiger charge is -2.44. The quantitative estimate of drug-likeness (QED) is 0.0957. The Hall–Kier alpha value is -2.51. The van der Waals surface area contributed by atoms with Gasteiger partial charge in [0.1, 0.15) is 54.5 Å². The molecule has 0 aliphatic carbocycles. The molecule has 0 radical (unpaired) electrons. The maximum atomic E-state index is 11.9. The third-order valence-electron chi connectivity index (χ3n) is 5.63. The van der Waals surface area contributed by atoms with Crippen LogP contribution in [0, 0.1) is 10.1 Å². The minimum atomic E-state index is -1.82. The zero-order valence-electron chi connectivity index (χ0n) is 18.9. The van der Waals surface area contributed by atoms with Crippen molar-refractivity contribution in [2.45, 2.75) is 68.3 Å². The molecule has 7 N–H and O–H groups in total. The normalized spacial score (nSPS) is 36.8. The summed E-state index contributed by atoms with van der Waals surface area (Å²) in [5, 5.41) is 72.9. The number of nitro benzene ring substituents is 1. The molecule has 0 unspecified atom stereocenters. The molecular weight excluding hydrogens is 492 g/mol. The Morgan fingerprint density at radius 2 is 1.53 bits per heavy atom. The van der Waals surface area contributed by atoms with E-state index in [1.54, 1.807) is 0 Å². The van der Waals surface area contributed by atoms with Crippen molar-refractivity contribution < 1.29 is 64.3 Å².